The summed E-state index contributed by atoms with van der Waals surface area (Å²) in [5, 5.41) is 12.8. The molecular formula is C12H26N2O. The Morgan fingerprint density at radius 2 is 2.20 bits per heavy atom. The third-order valence-electron chi connectivity index (χ3n) is 3.45. The Hall–Kier alpha value is -0.120. The lowest BCUT2D eigenvalue weighted by Gasteiger charge is -2.40. The van der Waals surface area contributed by atoms with Crippen LogP contribution < -0.4 is 5.32 Å². The van der Waals surface area contributed by atoms with Gasteiger partial charge in [0.05, 0.1) is 12.1 Å². The van der Waals surface area contributed by atoms with Gasteiger partial charge in [-0.05, 0) is 39.8 Å². The summed E-state index contributed by atoms with van der Waals surface area (Å²) >= 11 is 0. The second-order valence-corrected chi connectivity index (χ2v) is 5.06. The zero-order chi connectivity index (χ0) is 11.3. The van der Waals surface area contributed by atoms with Gasteiger partial charge in [0.15, 0.2) is 0 Å². The number of hydrogen-bond donors (Lipinski definition) is 2. The Morgan fingerprint density at radius 1 is 1.47 bits per heavy atom. The summed E-state index contributed by atoms with van der Waals surface area (Å²) in [7, 11) is 0. The van der Waals surface area contributed by atoms with Gasteiger partial charge in [-0.25, -0.2) is 0 Å². The quantitative estimate of drug-likeness (QED) is 0.722. The molecule has 0 aromatic carbocycles. The van der Waals surface area contributed by atoms with Gasteiger partial charge in [0.25, 0.3) is 0 Å². The van der Waals surface area contributed by atoms with E-state index in [0.717, 1.165) is 13.1 Å². The van der Waals surface area contributed by atoms with Crippen molar-refractivity contribution in [2.24, 2.45) is 0 Å². The first-order valence-electron chi connectivity index (χ1n) is 6.21. The molecule has 0 aromatic rings. The number of aliphatic hydroxyl groups is 1. The van der Waals surface area contributed by atoms with Crippen molar-refractivity contribution in [3.63, 3.8) is 0 Å². The molecule has 0 saturated carbocycles. The number of nitrogens with zero attached hydrogens (tertiary/aromatic N) is 1. The van der Waals surface area contributed by atoms with E-state index in [1.807, 2.05) is 0 Å². The summed E-state index contributed by atoms with van der Waals surface area (Å²) in [6, 6.07) is 0.670. The minimum absolute atomic E-state index is 0.139. The van der Waals surface area contributed by atoms with Crippen molar-refractivity contribution in [2.75, 3.05) is 26.2 Å². The molecule has 15 heavy (non-hydrogen) atoms. The lowest BCUT2D eigenvalue weighted by atomic mass is 9.97. The van der Waals surface area contributed by atoms with Crippen LogP contribution in [0.5, 0.6) is 0 Å². The molecule has 0 spiro atoms. The van der Waals surface area contributed by atoms with Crippen LogP contribution in [0.2, 0.25) is 0 Å². The lowest BCUT2D eigenvalue weighted by Crippen LogP contribution is -2.56. The second kappa shape index (κ2) is 5.83. The molecule has 1 aliphatic rings. The SMILES string of the molecule is CCNC(C)(CO)CN1CCCCC1C. The van der Waals surface area contributed by atoms with E-state index < -0.39 is 0 Å². The van der Waals surface area contributed by atoms with Crippen molar-refractivity contribution in [2.45, 2.75) is 51.6 Å². The van der Waals surface area contributed by atoms with Crippen molar-refractivity contribution in [1.29, 1.82) is 0 Å². The Labute approximate surface area is 93.9 Å². The molecule has 2 N–H and O–H groups in total. The predicted molar refractivity (Wildman–Crippen MR) is 64.1 cm³/mol. The van der Waals surface area contributed by atoms with Gasteiger partial charge in [-0.1, -0.05) is 13.3 Å². The molecule has 3 nitrogen and oxygen atoms in total. The summed E-state index contributed by atoms with van der Waals surface area (Å²) in [6.45, 7) is 9.76. The first-order chi connectivity index (χ1) is 7.11. The molecule has 3 heteroatoms. The van der Waals surface area contributed by atoms with Crippen LogP contribution in [0.15, 0.2) is 0 Å². The van der Waals surface area contributed by atoms with Gasteiger partial charge in [-0.3, -0.25) is 4.90 Å². The second-order valence-electron chi connectivity index (χ2n) is 5.06. The molecule has 1 aliphatic heterocycles. The maximum absolute atomic E-state index is 9.44. The first kappa shape index (κ1) is 12.9. The number of likely N-dealkylation sites (N-methyl/N-ethyl adjacent to an activating group) is 1. The maximum Gasteiger partial charge on any atom is 0.0623 e. The van der Waals surface area contributed by atoms with Crippen LogP contribution in [0.25, 0.3) is 0 Å². The third-order valence-corrected chi connectivity index (χ3v) is 3.45. The smallest absolute Gasteiger partial charge is 0.0623 e. The van der Waals surface area contributed by atoms with Gasteiger partial charge in [0.2, 0.25) is 0 Å². The largest absolute Gasteiger partial charge is 0.394 e. The molecule has 1 saturated heterocycles. The first-order valence-corrected chi connectivity index (χ1v) is 6.21. The van der Waals surface area contributed by atoms with Gasteiger partial charge in [-0.15, -0.1) is 0 Å². The number of hydrogen-bond acceptors (Lipinski definition) is 3. The van der Waals surface area contributed by atoms with Crippen LogP contribution in [-0.2, 0) is 0 Å². The van der Waals surface area contributed by atoms with E-state index in [0.29, 0.717) is 6.04 Å². The maximum atomic E-state index is 9.44. The summed E-state index contributed by atoms with van der Waals surface area (Å²) in [4.78, 5) is 2.50. The summed E-state index contributed by atoms with van der Waals surface area (Å²) in [5.41, 5.74) is -0.139. The minimum Gasteiger partial charge on any atom is -0.394 e. The van der Waals surface area contributed by atoms with E-state index in [2.05, 4.69) is 31.0 Å². The molecule has 0 radical (unpaired) electrons. The van der Waals surface area contributed by atoms with E-state index in [1.54, 1.807) is 0 Å². The molecule has 0 amide bonds. The average Bonchev–Trinajstić information content (AvgIpc) is 2.22. The van der Waals surface area contributed by atoms with Crippen molar-refractivity contribution >= 4 is 0 Å². The van der Waals surface area contributed by atoms with E-state index in [4.69, 9.17) is 0 Å². The highest BCUT2D eigenvalue weighted by atomic mass is 16.3. The molecule has 0 aromatic heterocycles. The summed E-state index contributed by atoms with van der Waals surface area (Å²) in [6.07, 6.45) is 3.96. The fourth-order valence-corrected chi connectivity index (χ4v) is 2.43. The van der Waals surface area contributed by atoms with Gasteiger partial charge in [0, 0.05) is 12.6 Å². The van der Waals surface area contributed by atoms with Gasteiger partial charge < -0.3 is 10.4 Å². The lowest BCUT2D eigenvalue weighted by molar-refractivity contribution is 0.0814. The molecule has 0 bridgehead atoms. The molecule has 1 heterocycles. The molecule has 2 unspecified atom stereocenters. The highest BCUT2D eigenvalue weighted by Gasteiger charge is 2.28. The van der Waals surface area contributed by atoms with Crippen LogP contribution in [0.1, 0.15) is 40.0 Å². The monoisotopic (exact) mass is 214 g/mol. The zero-order valence-electron chi connectivity index (χ0n) is 10.4. The number of nitrogens with one attached hydrogen (secondary N) is 1. The molecule has 0 aliphatic carbocycles. The molecular weight excluding hydrogens is 188 g/mol. The van der Waals surface area contributed by atoms with E-state index in [-0.39, 0.29) is 12.1 Å². The minimum atomic E-state index is -0.139. The van der Waals surface area contributed by atoms with Gasteiger partial charge in [0.1, 0.15) is 0 Å². The van der Waals surface area contributed by atoms with Gasteiger partial charge in [-0.2, -0.15) is 0 Å². The fourth-order valence-electron chi connectivity index (χ4n) is 2.43. The van der Waals surface area contributed by atoms with Crippen LogP contribution >= 0.6 is 0 Å². The molecule has 2 atom stereocenters. The highest BCUT2D eigenvalue weighted by Crippen LogP contribution is 2.19. The van der Waals surface area contributed by atoms with Crippen molar-refractivity contribution in [3.8, 4) is 0 Å². The normalized spacial score (nSPS) is 27.6. The average molecular weight is 214 g/mol. The predicted octanol–water partition coefficient (Wildman–Crippen LogP) is 1.22. The van der Waals surface area contributed by atoms with Crippen LogP contribution in [0.4, 0.5) is 0 Å². The van der Waals surface area contributed by atoms with E-state index >= 15 is 0 Å². The molecule has 90 valence electrons. The Bertz CT molecular complexity index is 186. The Balaban J connectivity index is 2.49. The van der Waals surface area contributed by atoms with E-state index in [9.17, 15) is 5.11 Å². The number of piperidine rings is 1. The van der Waals surface area contributed by atoms with Crippen molar-refractivity contribution in [3.05, 3.63) is 0 Å². The Kier molecular flexibility index (Phi) is 5.03. The topological polar surface area (TPSA) is 35.5 Å². The van der Waals surface area contributed by atoms with Crippen molar-refractivity contribution in [1.82, 2.24) is 10.2 Å². The standard InChI is InChI=1S/C12H26N2O/c1-4-13-12(3,10-15)9-14-8-6-5-7-11(14)2/h11,13,15H,4-10H2,1-3H3. The highest BCUT2D eigenvalue weighted by molar-refractivity contribution is 4.88. The third kappa shape index (κ3) is 3.74. The number of rotatable bonds is 5. The molecule has 1 rings (SSSR count). The van der Waals surface area contributed by atoms with Gasteiger partial charge >= 0.3 is 0 Å². The summed E-state index contributed by atoms with van der Waals surface area (Å²) < 4.78 is 0. The van der Waals surface area contributed by atoms with Crippen molar-refractivity contribution < 1.29 is 5.11 Å². The fraction of sp³-hybridized carbons (Fsp3) is 1.00. The molecule has 1 fully saturated rings. The van der Waals surface area contributed by atoms with Crippen LogP contribution in [0, 0.1) is 0 Å². The van der Waals surface area contributed by atoms with Crippen LogP contribution in [0.3, 0.4) is 0 Å². The Morgan fingerprint density at radius 3 is 2.73 bits per heavy atom. The summed E-state index contributed by atoms with van der Waals surface area (Å²) in [5.74, 6) is 0. The van der Waals surface area contributed by atoms with E-state index in [1.165, 1.54) is 25.8 Å². The van der Waals surface area contributed by atoms with Crippen LogP contribution in [-0.4, -0.2) is 47.8 Å². The number of likely N-dealkylation sites (tertiary alicyclic amines) is 1. The number of aliphatic hydroxyl groups excluding tert-OH is 1. The zero-order valence-corrected chi connectivity index (χ0v) is 10.4.